The lowest BCUT2D eigenvalue weighted by molar-refractivity contribution is -0.137. The van der Waals surface area contributed by atoms with Crippen molar-refractivity contribution >= 4 is 15.5 Å². The molecule has 0 radical (unpaired) electrons. The molecule has 2 atom stereocenters. The van der Waals surface area contributed by atoms with Crippen LogP contribution in [0.1, 0.15) is 43.4 Å². The Kier molecular flexibility index (Phi) is 7.05. The van der Waals surface area contributed by atoms with Crippen LogP contribution in [0.3, 0.4) is 0 Å². The first kappa shape index (κ1) is 24.7. The van der Waals surface area contributed by atoms with Gasteiger partial charge in [-0.2, -0.15) is 18.4 Å². The second-order valence-electron chi connectivity index (χ2n) is 7.76. The topological polar surface area (TPSA) is 110 Å². The van der Waals surface area contributed by atoms with Crippen LogP contribution in [0.4, 0.5) is 18.9 Å². The monoisotopic (exact) mass is 456 g/mol. The van der Waals surface area contributed by atoms with Gasteiger partial charge in [0.05, 0.1) is 27.8 Å². The van der Waals surface area contributed by atoms with Crippen LogP contribution in [-0.4, -0.2) is 36.2 Å². The van der Waals surface area contributed by atoms with Gasteiger partial charge in [0.25, 0.3) is 0 Å². The summed E-state index contributed by atoms with van der Waals surface area (Å²) in [5.41, 5.74) is -3.37. The van der Waals surface area contributed by atoms with E-state index < -0.39 is 44.7 Å². The molecule has 0 spiro atoms. The van der Waals surface area contributed by atoms with Gasteiger partial charge >= 0.3 is 6.18 Å². The molecular weight excluding hydrogens is 433 g/mol. The molecule has 0 aliphatic rings. The quantitative estimate of drug-likeness (QED) is 0.549. The predicted molar refractivity (Wildman–Crippen MR) is 109 cm³/mol. The average molecular weight is 456 g/mol. The number of sulfone groups is 1. The third-order valence-electron chi connectivity index (χ3n) is 4.73. The van der Waals surface area contributed by atoms with E-state index in [1.165, 1.54) is 18.2 Å². The molecule has 0 aromatic heterocycles. The van der Waals surface area contributed by atoms with Crippen molar-refractivity contribution in [2.24, 2.45) is 0 Å². The zero-order valence-corrected chi connectivity index (χ0v) is 17.9. The number of anilines is 1. The molecule has 0 saturated heterocycles. The Labute approximate surface area is 178 Å². The number of nitriles is 1. The van der Waals surface area contributed by atoms with Gasteiger partial charge in [-0.05, 0) is 48.7 Å². The molecule has 0 amide bonds. The highest BCUT2D eigenvalue weighted by Gasteiger charge is 2.38. The summed E-state index contributed by atoms with van der Waals surface area (Å²) in [7, 11) is -4.01. The number of hydrogen-bond donors (Lipinski definition) is 3. The van der Waals surface area contributed by atoms with Gasteiger partial charge in [-0.25, -0.2) is 8.42 Å². The molecule has 3 N–H and O–H groups in total. The van der Waals surface area contributed by atoms with Crippen molar-refractivity contribution in [3.05, 3.63) is 59.2 Å². The van der Waals surface area contributed by atoms with Crippen LogP contribution in [0.2, 0.25) is 0 Å². The molecule has 2 rings (SSSR count). The number of halogens is 3. The minimum absolute atomic E-state index is 0.0536. The lowest BCUT2D eigenvalue weighted by Crippen LogP contribution is -2.49. The fourth-order valence-electron chi connectivity index (χ4n) is 2.89. The Bertz CT molecular complexity index is 1070. The van der Waals surface area contributed by atoms with E-state index in [9.17, 15) is 31.8 Å². The van der Waals surface area contributed by atoms with Crippen molar-refractivity contribution in [3.8, 4) is 6.07 Å². The minimum atomic E-state index is -4.80. The first-order chi connectivity index (χ1) is 14.2. The van der Waals surface area contributed by atoms with Gasteiger partial charge in [0.15, 0.2) is 16.1 Å². The third kappa shape index (κ3) is 5.97. The van der Waals surface area contributed by atoms with E-state index >= 15 is 0 Å². The van der Waals surface area contributed by atoms with Crippen molar-refractivity contribution in [1.29, 1.82) is 5.26 Å². The number of aliphatic hydroxyl groups excluding tert-OH is 1. The van der Waals surface area contributed by atoms with Crippen LogP contribution in [0, 0.1) is 11.3 Å². The van der Waals surface area contributed by atoms with Crippen LogP contribution in [0.15, 0.2) is 47.4 Å². The molecule has 0 fully saturated rings. The maximum Gasteiger partial charge on any atom is 0.417 e. The van der Waals surface area contributed by atoms with Gasteiger partial charge in [0, 0.05) is 5.69 Å². The van der Waals surface area contributed by atoms with Crippen molar-refractivity contribution < 1.29 is 31.8 Å². The lowest BCUT2D eigenvalue weighted by Gasteiger charge is -2.30. The summed E-state index contributed by atoms with van der Waals surface area (Å²) in [5.74, 6) is -0.683. The summed E-state index contributed by atoms with van der Waals surface area (Å²) in [5, 5.41) is 32.0. The Morgan fingerprint density at radius 2 is 1.71 bits per heavy atom. The minimum Gasteiger partial charge on any atom is -0.384 e. The summed E-state index contributed by atoms with van der Waals surface area (Å²) in [6.45, 7) is 4.95. The Hall–Kier alpha value is -2.61. The Balaban J connectivity index is 2.23. The standard InChI is InChI=1S/C21H23F3N2O4S/c1-13(2)14-5-8-17(9-6-14)31(29,30)12-20(3,28)19(27)26-16-7-4-15(11-25)18(10-16)21(22,23)24/h4-10,13,19,26-28H,12H2,1-3H3. The van der Waals surface area contributed by atoms with E-state index in [0.29, 0.717) is 6.07 Å². The zero-order chi connectivity index (χ0) is 23.6. The Morgan fingerprint density at radius 1 is 1.13 bits per heavy atom. The van der Waals surface area contributed by atoms with Crippen molar-refractivity contribution in [2.75, 3.05) is 11.1 Å². The number of rotatable bonds is 7. The highest BCUT2D eigenvalue weighted by atomic mass is 32.2. The Morgan fingerprint density at radius 3 is 2.19 bits per heavy atom. The van der Waals surface area contributed by atoms with Crippen LogP contribution < -0.4 is 5.32 Å². The molecule has 2 unspecified atom stereocenters. The predicted octanol–water partition coefficient (Wildman–Crippen LogP) is 3.66. The van der Waals surface area contributed by atoms with Gasteiger partial charge in [-0.1, -0.05) is 26.0 Å². The number of benzene rings is 2. The molecular formula is C21H23F3N2O4S. The molecule has 2 aromatic carbocycles. The van der Waals surface area contributed by atoms with Gasteiger partial charge in [-0.15, -0.1) is 0 Å². The summed E-state index contributed by atoms with van der Waals surface area (Å²) in [6.07, 6.45) is -6.71. The van der Waals surface area contributed by atoms with Crippen molar-refractivity contribution in [3.63, 3.8) is 0 Å². The molecule has 168 valence electrons. The molecule has 10 heteroatoms. The summed E-state index contributed by atoms with van der Waals surface area (Å²) >= 11 is 0. The molecule has 0 bridgehead atoms. The van der Waals surface area contributed by atoms with E-state index in [0.717, 1.165) is 24.6 Å². The number of aliphatic hydroxyl groups is 2. The second-order valence-corrected chi connectivity index (χ2v) is 9.75. The van der Waals surface area contributed by atoms with E-state index in [4.69, 9.17) is 5.26 Å². The van der Waals surface area contributed by atoms with Crippen molar-refractivity contribution in [2.45, 2.75) is 49.6 Å². The maximum atomic E-state index is 13.1. The normalized spacial score (nSPS) is 15.2. The second kappa shape index (κ2) is 8.86. The van der Waals surface area contributed by atoms with E-state index in [-0.39, 0.29) is 16.5 Å². The SMILES string of the molecule is CC(C)c1ccc(S(=O)(=O)CC(C)(O)C(O)Nc2ccc(C#N)c(C(F)(F)F)c2)cc1. The van der Waals surface area contributed by atoms with Crippen molar-refractivity contribution in [1.82, 2.24) is 0 Å². The number of nitrogens with one attached hydrogen (secondary N) is 1. The zero-order valence-electron chi connectivity index (χ0n) is 17.1. The van der Waals surface area contributed by atoms with Gasteiger partial charge < -0.3 is 15.5 Å². The van der Waals surface area contributed by atoms with Gasteiger partial charge in [0.1, 0.15) is 5.60 Å². The summed E-state index contributed by atoms with van der Waals surface area (Å²) < 4.78 is 64.7. The number of nitrogens with zero attached hydrogens (tertiary/aromatic N) is 1. The first-order valence-electron chi connectivity index (χ1n) is 9.28. The largest absolute Gasteiger partial charge is 0.417 e. The van der Waals surface area contributed by atoms with E-state index in [2.05, 4.69) is 5.32 Å². The maximum absolute atomic E-state index is 13.1. The highest BCUT2D eigenvalue weighted by Crippen LogP contribution is 2.34. The fraction of sp³-hybridized carbons (Fsp3) is 0.381. The molecule has 0 aliphatic heterocycles. The molecule has 2 aromatic rings. The van der Waals surface area contributed by atoms with Crippen LogP contribution in [0.5, 0.6) is 0 Å². The molecule has 31 heavy (non-hydrogen) atoms. The highest BCUT2D eigenvalue weighted by molar-refractivity contribution is 7.91. The molecule has 0 saturated carbocycles. The molecule has 0 heterocycles. The fourth-order valence-corrected chi connectivity index (χ4v) is 4.53. The average Bonchev–Trinajstić information content (AvgIpc) is 2.66. The van der Waals surface area contributed by atoms with Crippen LogP contribution in [-0.2, 0) is 16.0 Å². The smallest absolute Gasteiger partial charge is 0.384 e. The van der Waals surface area contributed by atoms with E-state index in [1.54, 1.807) is 12.1 Å². The summed E-state index contributed by atoms with van der Waals surface area (Å²) in [4.78, 5) is -0.0536. The van der Waals surface area contributed by atoms with Crippen LogP contribution in [0.25, 0.3) is 0 Å². The number of hydrogen-bond acceptors (Lipinski definition) is 6. The number of alkyl halides is 3. The lowest BCUT2D eigenvalue weighted by atomic mass is 10.0. The van der Waals surface area contributed by atoms with Gasteiger partial charge in [-0.3, -0.25) is 0 Å². The van der Waals surface area contributed by atoms with Gasteiger partial charge in [0.2, 0.25) is 0 Å². The third-order valence-corrected chi connectivity index (χ3v) is 6.68. The van der Waals surface area contributed by atoms with Crippen LogP contribution >= 0.6 is 0 Å². The first-order valence-corrected chi connectivity index (χ1v) is 10.9. The molecule has 6 nitrogen and oxygen atoms in total. The van der Waals surface area contributed by atoms with E-state index in [1.807, 2.05) is 13.8 Å². The summed E-state index contributed by atoms with van der Waals surface area (Å²) in [6, 6.07) is 10.2. The molecule has 0 aliphatic carbocycles.